The van der Waals surface area contributed by atoms with Crippen molar-refractivity contribution in [3.05, 3.63) is 65.4 Å². The molecule has 0 radical (unpaired) electrons. The number of urea groups is 1. The summed E-state index contributed by atoms with van der Waals surface area (Å²) in [5, 5.41) is 12.8. The number of benzene rings is 2. The molecular formula is C21H21N5O4. The number of carbonyl (C=O) groups is 2. The number of para-hydroxylation sites is 1. The summed E-state index contributed by atoms with van der Waals surface area (Å²) in [5.41, 5.74) is 2.64. The van der Waals surface area contributed by atoms with E-state index in [9.17, 15) is 9.59 Å². The molecule has 0 saturated heterocycles. The van der Waals surface area contributed by atoms with Crippen LogP contribution in [0.2, 0.25) is 0 Å². The first kappa shape index (κ1) is 19.3. The SMILES string of the molecule is COc1ccc(C(=O)Nc2[nH]nc3c2CN(C(=O)Nc2ccccc2)C3)cc1OC. The van der Waals surface area contributed by atoms with Crippen molar-refractivity contribution in [2.24, 2.45) is 0 Å². The van der Waals surface area contributed by atoms with Gasteiger partial charge in [0, 0.05) is 16.8 Å². The van der Waals surface area contributed by atoms with Gasteiger partial charge in [0.2, 0.25) is 0 Å². The maximum Gasteiger partial charge on any atom is 0.322 e. The number of nitrogens with zero attached hydrogens (tertiary/aromatic N) is 2. The molecule has 0 fully saturated rings. The van der Waals surface area contributed by atoms with Gasteiger partial charge in [0.1, 0.15) is 5.82 Å². The van der Waals surface area contributed by atoms with E-state index in [1.54, 1.807) is 23.1 Å². The van der Waals surface area contributed by atoms with Crippen molar-refractivity contribution in [1.29, 1.82) is 0 Å². The maximum absolute atomic E-state index is 12.7. The molecule has 3 amide bonds. The smallest absolute Gasteiger partial charge is 0.322 e. The molecule has 1 aromatic heterocycles. The minimum atomic E-state index is -0.324. The van der Waals surface area contributed by atoms with Gasteiger partial charge in [-0.2, -0.15) is 5.10 Å². The molecule has 2 heterocycles. The summed E-state index contributed by atoms with van der Waals surface area (Å²) >= 11 is 0. The largest absolute Gasteiger partial charge is 0.493 e. The minimum absolute atomic E-state index is 0.226. The Balaban J connectivity index is 1.44. The van der Waals surface area contributed by atoms with Gasteiger partial charge in [0.25, 0.3) is 5.91 Å². The summed E-state index contributed by atoms with van der Waals surface area (Å²) in [6.45, 7) is 0.697. The Hall–Kier alpha value is -4.01. The molecule has 0 saturated carbocycles. The number of amides is 3. The molecule has 0 bridgehead atoms. The van der Waals surface area contributed by atoms with Crippen LogP contribution in [-0.2, 0) is 13.1 Å². The Labute approximate surface area is 173 Å². The van der Waals surface area contributed by atoms with Crippen LogP contribution in [0.3, 0.4) is 0 Å². The Bertz CT molecular complexity index is 1080. The first-order chi connectivity index (χ1) is 14.6. The van der Waals surface area contributed by atoms with Crippen molar-refractivity contribution in [3.63, 3.8) is 0 Å². The summed E-state index contributed by atoms with van der Waals surface area (Å²) in [4.78, 5) is 26.8. The van der Waals surface area contributed by atoms with E-state index in [-0.39, 0.29) is 11.9 Å². The standard InChI is InChI=1S/C21H21N5O4/c1-29-17-9-8-13(10-18(17)30-2)20(27)23-19-15-11-26(12-16(15)24-25-19)21(28)22-14-6-4-3-5-7-14/h3-10H,11-12H2,1-2H3,(H,22,28)(H2,23,24,25,27). The molecular weight excluding hydrogens is 386 g/mol. The summed E-state index contributed by atoms with van der Waals surface area (Å²) in [7, 11) is 3.04. The Morgan fingerprint density at radius 2 is 1.77 bits per heavy atom. The van der Waals surface area contributed by atoms with Crippen LogP contribution < -0.4 is 20.1 Å². The third-order valence-electron chi connectivity index (χ3n) is 4.84. The average molecular weight is 407 g/mol. The minimum Gasteiger partial charge on any atom is -0.493 e. The van der Waals surface area contributed by atoms with E-state index in [1.165, 1.54) is 14.2 Å². The molecule has 1 aliphatic heterocycles. The lowest BCUT2D eigenvalue weighted by atomic mass is 10.2. The van der Waals surface area contributed by atoms with Gasteiger partial charge in [0.15, 0.2) is 11.5 Å². The summed E-state index contributed by atoms with van der Waals surface area (Å²) in [6, 6.07) is 13.9. The normalized spacial score (nSPS) is 12.3. The summed E-state index contributed by atoms with van der Waals surface area (Å²) < 4.78 is 10.4. The second-order valence-corrected chi connectivity index (χ2v) is 6.70. The van der Waals surface area contributed by atoms with Gasteiger partial charge in [-0.15, -0.1) is 0 Å². The maximum atomic E-state index is 12.7. The van der Waals surface area contributed by atoms with E-state index in [1.807, 2.05) is 30.3 Å². The summed E-state index contributed by atoms with van der Waals surface area (Å²) in [6.07, 6.45) is 0. The van der Waals surface area contributed by atoms with Crippen LogP contribution in [0.5, 0.6) is 11.5 Å². The molecule has 9 heteroatoms. The van der Waals surface area contributed by atoms with Crippen molar-refractivity contribution in [2.45, 2.75) is 13.1 Å². The molecule has 3 N–H and O–H groups in total. The van der Waals surface area contributed by atoms with Crippen molar-refractivity contribution in [1.82, 2.24) is 15.1 Å². The fourth-order valence-corrected chi connectivity index (χ4v) is 3.27. The number of hydrogen-bond acceptors (Lipinski definition) is 5. The number of carbonyl (C=O) groups excluding carboxylic acids is 2. The predicted octanol–water partition coefficient (Wildman–Crippen LogP) is 3.23. The molecule has 4 rings (SSSR count). The van der Waals surface area contributed by atoms with Crippen LogP contribution >= 0.6 is 0 Å². The molecule has 1 aliphatic rings. The Kier molecular flexibility index (Phi) is 5.25. The van der Waals surface area contributed by atoms with Crippen LogP contribution in [0.1, 0.15) is 21.6 Å². The Morgan fingerprint density at radius 1 is 1.00 bits per heavy atom. The molecule has 0 unspecified atom stereocenters. The van der Waals surface area contributed by atoms with Crippen LogP contribution in [0.25, 0.3) is 0 Å². The first-order valence-electron chi connectivity index (χ1n) is 9.29. The topological polar surface area (TPSA) is 109 Å². The van der Waals surface area contributed by atoms with Crippen LogP contribution in [-0.4, -0.2) is 41.3 Å². The highest BCUT2D eigenvalue weighted by atomic mass is 16.5. The predicted molar refractivity (Wildman–Crippen MR) is 111 cm³/mol. The van der Waals surface area contributed by atoms with Gasteiger partial charge >= 0.3 is 6.03 Å². The van der Waals surface area contributed by atoms with Crippen LogP contribution in [0.15, 0.2) is 48.5 Å². The fourth-order valence-electron chi connectivity index (χ4n) is 3.27. The van der Waals surface area contributed by atoms with Crippen molar-refractivity contribution in [3.8, 4) is 11.5 Å². The van der Waals surface area contributed by atoms with Crippen molar-refractivity contribution < 1.29 is 19.1 Å². The molecule has 2 aromatic carbocycles. The lowest BCUT2D eigenvalue weighted by Crippen LogP contribution is -2.30. The van der Waals surface area contributed by atoms with Gasteiger partial charge < -0.3 is 25.0 Å². The number of aromatic nitrogens is 2. The number of nitrogens with one attached hydrogen (secondary N) is 3. The van der Waals surface area contributed by atoms with Gasteiger partial charge in [-0.25, -0.2) is 4.79 Å². The zero-order valence-electron chi connectivity index (χ0n) is 16.6. The summed E-state index contributed by atoms with van der Waals surface area (Å²) in [5.74, 6) is 1.15. The quantitative estimate of drug-likeness (QED) is 0.602. The molecule has 9 nitrogen and oxygen atoms in total. The number of ether oxygens (including phenoxy) is 2. The lowest BCUT2D eigenvalue weighted by Gasteiger charge is -2.16. The highest BCUT2D eigenvalue weighted by Crippen LogP contribution is 2.30. The van der Waals surface area contributed by atoms with Crippen LogP contribution in [0, 0.1) is 0 Å². The Morgan fingerprint density at radius 3 is 2.50 bits per heavy atom. The van der Waals surface area contributed by atoms with Gasteiger partial charge in [0.05, 0.1) is 33.0 Å². The van der Waals surface area contributed by atoms with Crippen molar-refractivity contribution >= 4 is 23.4 Å². The second kappa shape index (κ2) is 8.16. The monoisotopic (exact) mass is 407 g/mol. The molecule has 0 spiro atoms. The number of aromatic amines is 1. The van der Waals surface area contributed by atoms with Crippen LogP contribution in [0.4, 0.5) is 16.3 Å². The third-order valence-corrected chi connectivity index (χ3v) is 4.84. The zero-order valence-corrected chi connectivity index (χ0v) is 16.6. The van der Waals surface area contributed by atoms with Gasteiger partial charge in [-0.1, -0.05) is 18.2 Å². The number of fused-ring (bicyclic) bond motifs is 1. The average Bonchev–Trinajstić information content (AvgIpc) is 3.36. The molecule has 3 aromatic rings. The zero-order chi connectivity index (χ0) is 21.1. The molecule has 0 aliphatic carbocycles. The lowest BCUT2D eigenvalue weighted by molar-refractivity contribution is 0.102. The number of H-pyrrole nitrogens is 1. The number of rotatable bonds is 5. The van der Waals surface area contributed by atoms with E-state index >= 15 is 0 Å². The van der Waals surface area contributed by atoms with Gasteiger partial charge in [-0.05, 0) is 30.3 Å². The highest BCUT2D eigenvalue weighted by molar-refractivity contribution is 6.04. The first-order valence-corrected chi connectivity index (χ1v) is 9.29. The van der Waals surface area contributed by atoms with E-state index in [0.29, 0.717) is 36.0 Å². The fraction of sp³-hybridized carbons (Fsp3) is 0.190. The van der Waals surface area contributed by atoms with E-state index in [4.69, 9.17) is 9.47 Å². The molecule has 0 atom stereocenters. The van der Waals surface area contributed by atoms with Crippen molar-refractivity contribution in [2.75, 3.05) is 24.9 Å². The molecule has 30 heavy (non-hydrogen) atoms. The second-order valence-electron chi connectivity index (χ2n) is 6.70. The number of methoxy groups -OCH3 is 2. The number of anilines is 2. The van der Waals surface area contributed by atoms with E-state index < -0.39 is 0 Å². The third kappa shape index (κ3) is 3.77. The highest BCUT2D eigenvalue weighted by Gasteiger charge is 2.29. The molecule has 154 valence electrons. The van der Waals surface area contributed by atoms with E-state index in [2.05, 4.69) is 20.8 Å². The number of hydrogen-bond donors (Lipinski definition) is 3. The van der Waals surface area contributed by atoms with E-state index in [0.717, 1.165) is 16.9 Å². The van der Waals surface area contributed by atoms with Gasteiger partial charge in [-0.3, -0.25) is 9.89 Å².